The zero-order valence-corrected chi connectivity index (χ0v) is 15.4. The van der Waals surface area contributed by atoms with E-state index >= 15 is 0 Å². The van der Waals surface area contributed by atoms with E-state index in [0.717, 1.165) is 36.2 Å². The van der Waals surface area contributed by atoms with E-state index < -0.39 is 5.82 Å². The molecule has 0 radical (unpaired) electrons. The third-order valence-corrected chi connectivity index (χ3v) is 6.55. The molecule has 0 amide bonds. The van der Waals surface area contributed by atoms with Crippen LogP contribution in [0.3, 0.4) is 0 Å². The maximum Gasteiger partial charge on any atom is 0.153 e. The first-order chi connectivity index (χ1) is 12.0. The van der Waals surface area contributed by atoms with Gasteiger partial charge in [0.2, 0.25) is 0 Å². The Balaban J connectivity index is 1.49. The molecule has 2 nitrogen and oxygen atoms in total. The second-order valence-electron chi connectivity index (χ2n) is 9.36. The number of carbonyl (C=O) groups excluding carboxylic acids is 1. The predicted octanol–water partition coefficient (Wildman–Crippen LogP) is 5.75. The number of rotatable bonds is 5. The average Bonchev–Trinajstić information content (AvgIpc) is 3.36. The Labute approximate surface area is 150 Å². The molecule has 0 N–H and O–H groups in total. The fourth-order valence-corrected chi connectivity index (χ4v) is 5.60. The lowest BCUT2D eigenvalue weighted by molar-refractivity contribution is 0.0143. The number of hydrogen-bond acceptors (Lipinski definition) is 2. The van der Waals surface area contributed by atoms with Crippen LogP contribution >= 0.6 is 0 Å². The summed E-state index contributed by atoms with van der Waals surface area (Å²) in [6, 6.07) is 3.14. The summed E-state index contributed by atoms with van der Waals surface area (Å²) in [6.45, 7) is 5.39. The van der Waals surface area contributed by atoms with E-state index in [-0.39, 0.29) is 11.0 Å². The van der Waals surface area contributed by atoms with E-state index in [2.05, 4.69) is 13.8 Å². The van der Waals surface area contributed by atoms with Crippen molar-refractivity contribution in [1.29, 1.82) is 0 Å². The van der Waals surface area contributed by atoms with Crippen LogP contribution in [0.2, 0.25) is 0 Å². The van der Waals surface area contributed by atoms with E-state index in [4.69, 9.17) is 4.74 Å². The van der Waals surface area contributed by atoms with Gasteiger partial charge in [-0.25, -0.2) is 4.39 Å². The summed E-state index contributed by atoms with van der Waals surface area (Å²) in [5, 5.41) is 0. The van der Waals surface area contributed by atoms with Crippen LogP contribution in [0.4, 0.5) is 4.39 Å². The third kappa shape index (κ3) is 3.61. The van der Waals surface area contributed by atoms with Crippen LogP contribution in [0.15, 0.2) is 12.1 Å². The van der Waals surface area contributed by atoms with E-state index in [1.165, 1.54) is 38.2 Å². The summed E-state index contributed by atoms with van der Waals surface area (Å²) < 4.78 is 20.3. The molecule has 3 aliphatic carbocycles. The second kappa shape index (κ2) is 6.41. The van der Waals surface area contributed by atoms with Crippen molar-refractivity contribution in [1.82, 2.24) is 0 Å². The molecule has 136 valence electrons. The van der Waals surface area contributed by atoms with Crippen LogP contribution in [0.1, 0.15) is 80.6 Å². The number of hydrogen-bond donors (Lipinski definition) is 0. The molecule has 1 aromatic rings. The molecule has 2 unspecified atom stereocenters. The molecule has 0 aromatic heterocycles. The zero-order valence-electron chi connectivity index (χ0n) is 15.4. The molecule has 1 aromatic carbocycles. The second-order valence-corrected chi connectivity index (χ2v) is 9.36. The molecule has 0 saturated heterocycles. The fraction of sp³-hybridized carbons (Fsp3) is 0.682. The van der Waals surface area contributed by atoms with Crippen molar-refractivity contribution < 1.29 is 13.9 Å². The zero-order chi connectivity index (χ0) is 17.6. The van der Waals surface area contributed by atoms with Gasteiger partial charge in [-0.1, -0.05) is 13.8 Å². The Hall–Kier alpha value is -1.38. The summed E-state index contributed by atoms with van der Waals surface area (Å²) in [4.78, 5) is 11.0. The molecule has 25 heavy (non-hydrogen) atoms. The summed E-state index contributed by atoms with van der Waals surface area (Å²) >= 11 is 0. The van der Waals surface area contributed by atoms with Gasteiger partial charge >= 0.3 is 0 Å². The average molecular weight is 344 g/mol. The highest BCUT2D eigenvalue weighted by Gasteiger charge is 2.41. The maximum absolute atomic E-state index is 14.1. The predicted molar refractivity (Wildman–Crippen MR) is 96.6 cm³/mol. The van der Waals surface area contributed by atoms with Crippen LogP contribution in [-0.4, -0.2) is 12.9 Å². The lowest BCUT2D eigenvalue weighted by Crippen LogP contribution is -2.39. The van der Waals surface area contributed by atoms with E-state index in [1.807, 2.05) is 0 Å². The maximum atomic E-state index is 14.1. The van der Waals surface area contributed by atoms with Gasteiger partial charge in [-0.15, -0.1) is 0 Å². The Morgan fingerprint density at radius 2 is 1.88 bits per heavy atom. The minimum absolute atomic E-state index is 0.154. The van der Waals surface area contributed by atoms with Gasteiger partial charge in [0, 0.05) is 11.5 Å². The van der Waals surface area contributed by atoms with Crippen molar-refractivity contribution in [2.45, 2.75) is 64.7 Å². The molecule has 0 aliphatic heterocycles. The van der Waals surface area contributed by atoms with Crippen molar-refractivity contribution in [3.63, 3.8) is 0 Å². The summed E-state index contributed by atoms with van der Waals surface area (Å²) in [7, 11) is 0. The van der Waals surface area contributed by atoms with Crippen molar-refractivity contribution in [3.8, 4) is 5.75 Å². The minimum Gasteiger partial charge on any atom is -0.493 e. The molecule has 0 heterocycles. The Kier molecular flexibility index (Phi) is 4.37. The van der Waals surface area contributed by atoms with Gasteiger partial charge < -0.3 is 4.74 Å². The molecule has 2 bridgehead atoms. The quantitative estimate of drug-likeness (QED) is 0.636. The highest BCUT2D eigenvalue weighted by atomic mass is 19.1. The molecule has 4 rings (SSSR count). The number of benzene rings is 1. The van der Waals surface area contributed by atoms with Gasteiger partial charge in [-0.3, -0.25) is 4.79 Å². The van der Waals surface area contributed by atoms with Gasteiger partial charge in [0.25, 0.3) is 0 Å². The lowest BCUT2D eigenvalue weighted by Gasteiger charge is -2.47. The first kappa shape index (κ1) is 17.1. The number of aldehydes is 1. The summed E-state index contributed by atoms with van der Waals surface area (Å²) in [6.07, 6.45) is 9.36. The van der Waals surface area contributed by atoms with Crippen LogP contribution in [-0.2, 0) is 0 Å². The SMILES string of the molecule is CC1CC2CC(C1)CC(C)(COc1cc(F)c(C=O)cc1C1CC1)C2. The van der Waals surface area contributed by atoms with Gasteiger partial charge in [0.1, 0.15) is 11.6 Å². The third-order valence-electron chi connectivity index (χ3n) is 6.55. The molecular weight excluding hydrogens is 315 g/mol. The minimum atomic E-state index is -0.464. The number of carbonyl (C=O) groups is 1. The van der Waals surface area contributed by atoms with E-state index in [0.29, 0.717) is 24.6 Å². The molecular formula is C22H29FO2. The molecule has 3 saturated carbocycles. The molecule has 3 aliphatic rings. The highest BCUT2D eigenvalue weighted by Crippen LogP contribution is 2.51. The normalized spacial score (nSPS) is 34.6. The van der Waals surface area contributed by atoms with Crippen molar-refractivity contribution >= 4 is 6.29 Å². The number of halogens is 1. The summed E-state index contributed by atoms with van der Waals surface area (Å²) in [5.74, 6) is 3.15. The topological polar surface area (TPSA) is 26.3 Å². The number of ether oxygens (including phenoxy) is 1. The van der Waals surface area contributed by atoms with Crippen LogP contribution in [0, 0.1) is 29.0 Å². The first-order valence-electron chi connectivity index (χ1n) is 9.87. The standard InChI is InChI=1S/C22H29FO2/c1-14-5-15-7-16(6-14)11-22(2,10-15)13-25-21-9-20(23)18(12-24)8-19(21)17-3-4-17/h8-9,12,14-17H,3-7,10-11,13H2,1-2H3. The molecule has 2 atom stereocenters. The molecule has 3 heteroatoms. The van der Waals surface area contributed by atoms with Crippen LogP contribution in [0.5, 0.6) is 5.75 Å². The summed E-state index contributed by atoms with van der Waals surface area (Å²) in [5.41, 5.74) is 1.37. The Morgan fingerprint density at radius 1 is 1.20 bits per heavy atom. The van der Waals surface area contributed by atoms with Crippen molar-refractivity contribution in [2.24, 2.45) is 23.2 Å². The monoisotopic (exact) mass is 344 g/mol. The van der Waals surface area contributed by atoms with E-state index in [9.17, 15) is 9.18 Å². The van der Waals surface area contributed by atoms with Crippen molar-refractivity contribution in [3.05, 3.63) is 29.1 Å². The van der Waals surface area contributed by atoms with E-state index in [1.54, 1.807) is 6.07 Å². The van der Waals surface area contributed by atoms with Gasteiger partial charge in [-0.2, -0.15) is 0 Å². The van der Waals surface area contributed by atoms with Crippen LogP contribution in [0.25, 0.3) is 0 Å². The largest absolute Gasteiger partial charge is 0.493 e. The van der Waals surface area contributed by atoms with Crippen LogP contribution < -0.4 is 4.74 Å². The van der Waals surface area contributed by atoms with Crippen molar-refractivity contribution in [2.75, 3.05) is 6.61 Å². The Bertz CT molecular complexity index is 646. The fourth-order valence-electron chi connectivity index (χ4n) is 5.60. The first-order valence-corrected chi connectivity index (χ1v) is 9.87. The number of fused-ring (bicyclic) bond motifs is 2. The Morgan fingerprint density at radius 3 is 2.48 bits per heavy atom. The molecule has 3 fully saturated rings. The van der Waals surface area contributed by atoms with Gasteiger partial charge in [0.15, 0.2) is 6.29 Å². The molecule has 0 spiro atoms. The highest BCUT2D eigenvalue weighted by molar-refractivity contribution is 5.76. The van der Waals surface area contributed by atoms with Gasteiger partial charge in [-0.05, 0) is 80.2 Å². The lowest BCUT2D eigenvalue weighted by atomic mass is 9.60. The van der Waals surface area contributed by atoms with Gasteiger partial charge in [0.05, 0.1) is 12.2 Å². The smallest absolute Gasteiger partial charge is 0.153 e.